The van der Waals surface area contributed by atoms with Gasteiger partial charge in [0.25, 0.3) is 0 Å². The Hall–Kier alpha value is -2.55. The fourth-order valence-corrected chi connectivity index (χ4v) is 1.25. The molecule has 0 N–H and O–H groups in total. The molecule has 0 spiro atoms. The zero-order chi connectivity index (χ0) is 12.1. The van der Waals surface area contributed by atoms with Gasteiger partial charge >= 0.3 is 0 Å². The molecule has 2 aromatic rings. The SMILES string of the molecule is Cc1cc(OCC#N)nc(-c2cnccn2)n1. The molecule has 6 heteroatoms. The number of nitrogens with zero attached hydrogens (tertiary/aromatic N) is 5. The van der Waals surface area contributed by atoms with Crippen LogP contribution in [0, 0.1) is 18.3 Å². The molecule has 0 bridgehead atoms. The first kappa shape index (κ1) is 11.0. The Balaban J connectivity index is 2.36. The van der Waals surface area contributed by atoms with Crippen molar-refractivity contribution in [3.8, 4) is 23.5 Å². The Kier molecular flexibility index (Phi) is 3.21. The van der Waals surface area contributed by atoms with Crippen LogP contribution >= 0.6 is 0 Å². The second-order valence-electron chi connectivity index (χ2n) is 3.21. The highest BCUT2D eigenvalue weighted by atomic mass is 16.5. The summed E-state index contributed by atoms with van der Waals surface area (Å²) in [5.74, 6) is 0.797. The van der Waals surface area contributed by atoms with Crippen LogP contribution in [0.3, 0.4) is 0 Å². The quantitative estimate of drug-likeness (QED) is 0.781. The molecule has 0 unspecified atom stereocenters. The van der Waals surface area contributed by atoms with Crippen LogP contribution in [0.1, 0.15) is 5.69 Å². The molecule has 6 nitrogen and oxygen atoms in total. The lowest BCUT2D eigenvalue weighted by molar-refractivity contribution is 0.352. The Bertz CT molecular complexity index is 550. The van der Waals surface area contributed by atoms with Gasteiger partial charge in [-0.1, -0.05) is 0 Å². The molecule has 0 radical (unpaired) electrons. The first-order valence-corrected chi connectivity index (χ1v) is 4.91. The van der Waals surface area contributed by atoms with E-state index in [1.807, 2.05) is 13.0 Å². The lowest BCUT2D eigenvalue weighted by Gasteiger charge is -2.04. The van der Waals surface area contributed by atoms with Crippen molar-refractivity contribution in [3.05, 3.63) is 30.4 Å². The molecule has 2 heterocycles. The van der Waals surface area contributed by atoms with Crippen LogP contribution < -0.4 is 4.74 Å². The van der Waals surface area contributed by atoms with Crippen molar-refractivity contribution in [2.24, 2.45) is 0 Å². The lowest BCUT2D eigenvalue weighted by Crippen LogP contribution is -2.01. The molecule has 0 atom stereocenters. The predicted octanol–water partition coefficient (Wildman–Crippen LogP) is 1.14. The van der Waals surface area contributed by atoms with Crippen LogP contribution in [0.5, 0.6) is 5.88 Å². The van der Waals surface area contributed by atoms with Gasteiger partial charge in [0.15, 0.2) is 12.4 Å². The van der Waals surface area contributed by atoms with E-state index in [-0.39, 0.29) is 6.61 Å². The van der Waals surface area contributed by atoms with Crippen molar-refractivity contribution in [1.82, 2.24) is 19.9 Å². The van der Waals surface area contributed by atoms with Crippen LogP contribution in [0.4, 0.5) is 0 Å². The smallest absolute Gasteiger partial charge is 0.218 e. The van der Waals surface area contributed by atoms with Crippen molar-refractivity contribution in [2.75, 3.05) is 6.61 Å². The number of rotatable bonds is 3. The second-order valence-corrected chi connectivity index (χ2v) is 3.21. The molecule has 0 aliphatic heterocycles. The number of aromatic nitrogens is 4. The molecule has 0 amide bonds. The fourth-order valence-electron chi connectivity index (χ4n) is 1.25. The Morgan fingerprint density at radius 2 is 2.24 bits per heavy atom. The van der Waals surface area contributed by atoms with Crippen LogP contribution in [-0.4, -0.2) is 26.5 Å². The van der Waals surface area contributed by atoms with E-state index in [0.29, 0.717) is 17.4 Å². The van der Waals surface area contributed by atoms with Crippen molar-refractivity contribution in [1.29, 1.82) is 5.26 Å². The second kappa shape index (κ2) is 4.99. The first-order chi connectivity index (χ1) is 8.29. The maximum atomic E-state index is 8.44. The van der Waals surface area contributed by atoms with E-state index in [9.17, 15) is 0 Å². The predicted molar refractivity (Wildman–Crippen MR) is 58.9 cm³/mol. The number of nitriles is 1. The molecule has 84 valence electrons. The normalized spacial score (nSPS) is 9.65. The van der Waals surface area contributed by atoms with Crippen LogP contribution in [0.15, 0.2) is 24.7 Å². The summed E-state index contributed by atoms with van der Waals surface area (Å²) in [6.07, 6.45) is 4.71. The van der Waals surface area contributed by atoms with Crippen LogP contribution in [-0.2, 0) is 0 Å². The fraction of sp³-hybridized carbons (Fsp3) is 0.182. The molecular formula is C11H9N5O. The molecule has 2 rings (SSSR count). The zero-order valence-corrected chi connectivity index (χ0v) is 9.16. The van der Waals surface area contributed by atoms with Crippen LogP contribution in [0.2, 0.25) is 0 Å². The molecule has 0 aliphatic rings. The third-order valence-electron chi connectivity index (χ3n) is 1.91. The zero-order valence-electron chi connectivity index (χ0n) is 9.16. The molecule has 17 heavy (non-hydrogen) atoms. The summed E-state index contributed by atoms with van der Waals surface area (Å²) < 4.78 is 5.14. The van der Waals surface area contributed by atoms with Crippen molar-refractivity contribution >= 4 is 0 Å². The van der Waals surface area contributed by atoms with Crippen molar-refractivity contribution < 1.29 is 4.74 Å². The highest BCUT2D eigenvalue weighted by Crippen LogP contribution is 2.15. The third-order valence-corrected chi connectivity index (χ3v) is 1.91. The average molecular weight is 227 g/mol. The summed E-state index contributed by atoms with van der Waals surface area (Å²) in [6.45, 7) is 1.77. The molecule has 0 aliphatic carbocycles. The Morgan fingerprint density at radius 3 is 2.94 bits per heavy atom. The topological polar surface area (TPSA) is 84.6 Å². The monoisotopic (exact) mass is 227 g/mol. The van der Waals surface area contributed by atoms with E-state index in [2.05, 4.69) is 19.9 Å². The van der Waals surface area contributed by atoms with E-state index >= 15 is 0 Å². The van der Waals surface area contributed by atoms with Gasteiger partial charge in [-0.25, -0.2) is 9.97 Å². The standard InChI is InChI=1S/C11H9N5O/c1-8-6-10(17-5-2-12)16-11(15-8)9-7-13-3-4-14-9/h3-4,6-7H,5H2,1H3. The maximum absolute atomic E-state index is 8.44. The summed E-state index contributed by atoms with van der Waals surface area (Å²) in [4.78, 5) is 16.4. The largest absolute Gasteiger partial charge is 0.462 e. The summed E-state index contributed by atoms with van der Waals surface area (Å²) in [7, 11) is 0. The minimum absolute atomic E-state index is 0.0453. The summed E-state index contributed by atoms with van der Waals surface area (Å²) in [6, 6.07) is 3.55. The maximum Gasteiger partial charge on any atom is 0.218 e. The first-order valence-electron chi connectivity index (χ1n) is 4.91. The Morgan fingerprint density at radius 1 is 1.35 bits per heavy atom. The van der Waals surface area contributed by atoms with Crippen LogP contribution in [0.25, 0.3) is 11.5 Å². The highest BCUT2D eigenvalue weighted by Gasteiger charge is 2.06. The molecule has 0 fully saturated rings. The number of hydrogen-bond acceptors (Lipinski definition) is 6. The van der Waals surface area contributed by atoms with Gasteiger partial charge in [0.1, 0.15) is 11.8 Å². The molecule has 0 saturated heterocycles. The number of hydrogen-bond donors (Lipinski definition) is 0. The van der Waals surface area contributed by atoms with Gasteiger partial charge < -0.3 is 4.74 Å². The van der Waals surface area contributed by atoms with Gasteiger partial charge in [0.05, 0.1) is 6.20 Å². The summed E-state index contributed by atoms with van der Waals surface area (Å²) in [5, 5.41) is 8.44. The van der Waals surface area contributed by atoms with Gasteiger partial charge in [0, 0.05) is 24.2 Å². The molecule has 0 saturated carbocycles. The highest BCUT2D eigenvalue weighted by molar-refractivity contribution is 5.48. The van der Waals surface area contributed by atoms with Gasteiger partial charge in [-0.2, -0.15) is 10.2 Å². The third kappa shape index (κ3) is 2.72. The molecule has 2 aromatic heterocycles. The van der Waals surface area contributed by atoms with Gasteiger partial charge in [0.2, 0.25) is 5.88 Å². The summed E-state index contributed by atoms with van der Waals surface area (Å²) >= 11 is 0. The van der Waals surface area contributed by atoms with Crippen molar-refractivity contribution in [2.45, 2.75) is 6.92 Å². The number of aryl methyl sites for hydroxylation is 1. The van der Waals surface area contributed by atoms with E-state index in [0.717, 1.165) is 5.69 Å². The van der Waals surface area contributed by atoms with E-state index in [4.69, 9.17) is 10.00 Å². The van der Waals surface area contributed by atoms with Gasteiger partial charge in [-0.3, -0.25) is 4.98 Å². The minimum Gasteiger partial charge on any atom is -0.462 e. The Labute approximate surface area is 98.0 Å². The van der Waals surface area contributed by atoms with E-state index in [1.54, 1.807) is 24.7 Å². The minimum atomic E-state index is -0.0453. The van der Waals surface area contributed by atoms with Gasteiger partial charge in [-0.15, -0.1) is 0 Å². The average Bonchev–Trinajstić information content (AvgIpc) is 2.37. The summed E-state index contributed by atoms with van der Waals surface area (Å²) in [5.41, 5.74) is 1.31. The van der Waals surface area contributed by atoms with Gasteiger partial charge in [-0.05, 0) is 6.92 Å². The molecular weight excluding hydrogens is 218 g/mol. The van der Waals surface area contributed by atoms with E-state index in [1.165, 1.54) is 0 Å². The molecule has 0 aromatic carbocycles. The lowest BCUT2D eigenvalue weighted by atomic mass is 10.3. The van der Waals surface area contributed by atoms with Crippen molar-refractivity contribution in [3.63, 3.8) is 0 Å². The number of ether oxygens (including phenoxy) is 1. The van der Waals surface area contributed by atoms with E-state index < -0.39 is 0 Å².